The number of nitrogens with one attached hydrogen (secondary N) is 2. The monoisotopic (exact) mass is 352 g/mol. The van der Waals surface area contributed by atoms with Crippen LogP contribution >= 0.6 is 11.3 Å². The standard InChI is InChI=1S/C17H24N2O4S/c1-10(2)18-17(22)19-15(20)11(3)23-16(21)14-9-12-7-5-4-6-8-13(12)24-14/h9-11H,4-8H2,1-3H3,(H2,18,19,20,22)/t11-/m0/s1. The number of rotatable bonds is 4. The average molecular weight is 352 g/mol. The van der Waals surface area contributed by atoms with Crippen molar-refractivity contribution in [2.24, 2.45) is 0 Å². The zero-order valence-corrected chi connectivity index (χ0v) is 15.1. The first-order chi connectivity index (χ1) is 11.4. The Labute approximate surface area is 146 Å². The van der Waals surface area contributed by atoms with Crippen LogP contribution in [0.25, 0.3) is 0 Å². The molecule has 1 atom stereocenters. The summed E-state index contributed by atoms with van der Waals surface area (Å²) in [5.74, 6) is -1.15. The number of urea groups is 1. The van der Waals surface area contributed by atoms with Crippen LogP contribution in [0.3, 0.4) is 0 Å². The highest BCUT2D eigenvalue weighted by atomic mass is 32.1. The van der Waals surface area contributed by atoms with Crippen molar-refractivity contribution in [2.45, 2.75) is 65.0 Å². The zero-order valence-electron chi connectivity index (χ0n) is 14.3. The number of fused-ring (bicyclic) bond motifs is 1. The minimum atomic E-state index is -1.03. The van der Waals surface area contributed by atoms with Crippen LogP contribution in [-0.2, 0) is 22.4 Å². The van der Waals surface area contributed by atoms with Gasteiger partial charge in [0.25, 0.3) is 5.91 Å². The molecule has 2 N–H and O–H groups in total. The highest BCUT2D eigenvalue weighted by Gasteiger charge is 2.23. The molecule has 0 saturated carbocycles. The molecule has 1 aliphatic rings. The summed E-state index contributed by atoms with van der Waals surface area (Å²) in [5, 5.41) is 4.71. The number of amides is 3. The second-order valence-corrected chi connectivity index (χ2v) is 7.42. The highest BCUT2D eigenvalue weighted by molar-refractivity contribution is 7.14. The number of ether oxygens (including phenoxy) is 1. The van der Waals surface area contributed by atoms with E-state index in [9.17, 15) is 14.4 Å². The molecule has 0 aliphatic heterocycles. The summed E-state index contributed by atoms with van der Waals surface area (Å²) in [6, 6.07) is 1.20. The second kappa shape index (κ2) is 8.28. The summed E-state index contributed by atoms with van der Waals surface area (Å²) >= 11 is 1.45. The predicted octanol–water partition coefficient (Wildman–Crippen LogP) is 2.80. The van der Waals surface area contributed by atoms with Gasteiger partial charge in [0.15, 0.2) is 6.10 Å². The van der Waals surface area contributed by atoms with Gasteiger partial charge in [0.05, 0.1) is 0 Å². The number of carbonyl (C=O) groups excluding carboxylic acids is 3. The van der Waals surface area contributed by atoms with Crippen molar-refractivity contribution in [3.8, 4) is 0 Å². The van der Waals surface area contributed by atoms with Gasteiger partial charge in [-0.25, -0.2) is 9.59 Å². The summed E-state index contributed by atoms with van der Waals surface area (Å²) in [6.07, 6.45) is 4.46. The first kappa shape index (κ1) is 18.4. The molecule has 3 amide bonds. The maximum atomic E-state index is 12.2. The van der Waals surface area contributed by atoms with E-state index >= 15 is 0 Å². The van der Waals surface area contributed by atoms with Crippen LogP contribution in [0.1, 0.15) is 60.1 Å². The van der Waals surface area contributed by atoms with E-state index in [0.29, 0.717) is 4.88 Å². The van der Waals surface area contributed by atoms with E-state index in [1.807, 2.05) is 6.07 Å². The molecule has 0 spiro atoms. The number of hydrogen-bond acceptors (Lipinski definition) is 5. The van der Waals surface area contributed by atoms with Gasteiger partial charge in [0, 0.05) is 10.9 Å². The van der Waals surface area contributed by atoms with Gasteiger partial charge in [0.2, 0.25) is 0 Å². The molecule has 7 heteroatoms. The van der Waals surface area contributed by atoms with Gasteiger partial charge >= 0.3 is 12.0 Å². The number of imide groups is 1. The van der Waals surface area contributed by atoms with Gasteiger partial charge in [-0.05, 0) is 58.1 Å². The van der Waals surface area contributed by atoms with Crippen LogP contribution < -0.4 is 10.6 Å². The topological polar surface area (TPSA) is 84.5 Å². The lowest BCUT2D eigenvalue weighted by molar-refractivity contribution is -0.127. The second-order valence-electron chi connectivity index (χ2n) is 6.28. The lowest BCUT2D eigenvalue weighted by Crippen LogP contribution is -2.46. The quantitative estimate of drug-likeness (QED) is 0.645. The van der Waals surface area contributed by atoms with Crippen LogP contribution in [-0.4, -0.2) is 30.1 Å². The van der Waals surface area contributed by atoms with Crippen molar-refractivity contribution >= 4 is 29.2 Å². The molecule has 24 heavy (non-hydrogen) atoms. The van der Waals surface area contributed by atoms with Crippen molar-refractivity contribution < 1.29 is 19.1 Å². The molecular weight excluding hydrogens is 328 g/mol. The third-order valence-corrected chi connectivity index (χ3v) is 4.97. The molecule has 1 aromatic rings. The Hall–Kier alpha value is -1.89. The van der Waals surface area contributed by atoms with Crippen LogP contribution in [0.2, 0.25) is 0 Å². The van der Waals surface area contributed by atoms with Gasteiger partial charge in [-0.2, -0.15) is 0 Å². The Balaban J connectivity index is 1.91. The Bertz CT molecular complexity index is 601. The summed E-state index contributed by atoms with van der Waals surface area (Å²) in [6.45, 7) is 5.02. The maximum absolute atomic E-state index is 12.2. The van der Waals surface area contributed by atoms with E-state index in [4.69, 9.17) is 4.74 Å². The van der Waals surface area contributed by atoms with Gasteiger partial charge in [0.1, 0.15) is 4.88 Å². The predicted molar refractivity (Wildman–Crippen MR) is 92.3 cm³/mol. The first-order valence-electron chi connectivity index (χ1n) is 8.30. The van der Waals surface area contributed by atoms with E-state index < -0.39 is 24.0 Å². The van der Waals surface area contributed by atoms with E-state index in [2.05, 4.69) is 10.6 Å². The summed E-state index contributed by atoms with van der Waals surface area (Å²) in [4.78, 5) is 37.4. The van der Waals surface area contributed by atoms with Gasteiger partial charge < -0.3 is 10.1 Å². The van der Waals surface area contributed by atoms with Gasteiger partial charge in [-0.3, -0.25) is 10.1 Å². The van der Waals surface area contributed by atoms with Crippen molar-refractivity contribution in [1.29, 1.82) is 0 Å². The SMILES string of the molecule is CC(C)NC(=O)NC(=O)[C@H](C)OC(=O)c1cc2c(s1)CCCCC2. The fourth-order valence-corrected chi connectivity index (χ4v) is 3.69. The Kier molecular flexibility index (Phi) is 6.36. The number of thiophene rings is 1. The lowest BCUT2D eigenvalue weighted by Gasteiger charge is -2.13. The van der Waals surface area contributed by atoms with Crippen molar-refractivity contribution in [3.63, 3.8) is 0 Å². The third-order valence-electron chi connectivity index (χ3n) is 3.76. The Morgan fingerprint density at radius 1 is 1.12 bits per heavy atom. The summed E-state index contributed by atoms with van der Waals surface area (Å²) in [7, 11) is 0. The molecule has 1 heterocycles. The maximum Gasteiger partial charge on any atom is 0.349 e. The Morgan fingerprint density at radius 2 is 1.83 bits per heavy atom. The average Bonchev–Trinajstić information content (AvgIpc) is 2.77. The molecule has 1 aromatic heterocycles. The normalized spacial score (nSPS) is 15.2. The summed E-state index contributed by atoms with van der Waals surface area (Å²) < 4.78 is 5.19. The molecule has 1 aliphatic carbocycles. The van der Waals surface area contributed by atoms with Gasteiger partial charge in [-0.15, -0.1) is 11.3 Å². The van der Waals surface area contributed by atoms with E-state index in [0.717, 1.165) is 25.7 Å². The molecule has 2 rings (SSSR count). The fourth-order valence-electron chi connectivity index (χ4n) is 2.55. The number of carbonyl (C=O) groups is 3. The third kappa shape index (κ3) is 5.06. The lowest BCUT2D eigenvalue weighted by atomic mass is 10.1. The summed E-state index contributed by atoms with van der Waals surface area (Å²) in [5.41, 5.74) is 1.22. The van der Waals surface area contributed by atoms with E-state index in [1.165, 1.54) is 35.1 Å². The molecule has 0 aromatic carbocycles. The van der Waals surface area contributed by atoms with Crippen molar-refractivity contribution in [2.75, 3.05) is 0 Å². The molecule has 0 saturated heterocycles. The molecule has 0 fully saturated rings. The van der Waals surface area contributed by atoms with E-state index in [1.54, 1.807) is 13.8 Å². The van der Waals surface area contributed by atoms with Crippen LogP contribution in [0, 0.1) is 0 Å². The van der Waals surface area contributed by atoms with Crippen LogP contribution in [0.5, 0.6) is 0 Å². The van der Waals surface area contributed by atoms with Crippen LogP contribution in [0.15, 0.2) is 6.07 Å². The zero-order chi connectivity index (χ0) is 17.7. The molecule has 6 nitrogen and oxygen atoms in total. The number of esters is 1. The van der Waals surface area contributed by atoms with E-state index in [-0.39, 0.29) is 6.04 Å². The van der Waals surface area contributed by atoms with Gasteiger partial charge in [-0.1, -0.05) is 6.42 Å². The number of aryl methyl sites for hydroxylation is 2. The van der Waals surface area contributed by atoms with Crippen molar-refractivity contribution in [3.05, 3.63) is 21.4 Å². The molecule has 0 unspecified atom stereocenters. The van der Waals surface area contributed by atoms with Crippen LogP contribution in [0.4, 0.5) is 4.79 Å². The number of hydrogen-bond donors (Lipinski definition) is 2. The van der Waals surface area contributed by atoms with Crippen molar-refractivity contribution in [1.82, 2.24) is 10.6 Å². The molecular formula is C17H24N2O4S. The molecule has 0 bridgehead atoms. The highest BCUT2D eigenvalue weighted by Crippen LogP contribution is 2.29. The largest absolute Gasteiger partial charge is 0.448 e. The first-order valence-corrected chi connectivity index (χ1v) is 9.12. The smallest absolute Gasteiger partial charge is 0.349 e. The molecule has 132 valence electrons. The fraction of sp³-hybridized carbons (Fsp3) is 0.588. The molecule has 0 radical (unpaired) electrons. The Morgan fingerprint density at radius 3 is 2.54 bits per heavy atom. The minimum absolute atomic E-state index is 0.0859. The minimum Gasteiger partial charge on any atom is -0.448 e.